The Morgan fingerprint density at radius 3 is 1.33 bits per heavy atom. The lowest BCUT2D eigenvalue weighted by Crippen LogP contribution is -2.66. The molecule has 2 saturated heterocycles. The Balaban J connectivity index is 1.23. The molecule has 0 bridgehead atoms. The van der Waals surface area contributed by atoms with Crippen LogP contribution in [0.2, 0.25) is 0 Å². The summed E-state index contributed by atoms with van der Waals surface area (Å²) in [5.41, 5.74) is 4.65. The first-order chi connectivity index (χ1) is 30.1. The van der Waals surface area contributed by atoms with Crippen molar-refractivity contribution < 1.29 is 52.8 Å². The van der Waals surface area contributed by atoms with Crippen molar-refractivity contribution in [1.29, 1.82) is 0 Å². The SMILES string of the molecule is C=CCO[C@H]1[C@@H](OCc2ccccc2)[C@@H](CO)O[C@@H](O[C@H]2[C@H](OCc3ccccc3)[C@@H](OCc3ccccc3)[C@H](O)O[C@@H]2COCc2ccccc2)[C@@H]1OCc1ccccc1. The van der Waals surface area contributed by atoms with E-state index in [2.05, 4.69) is 6.58 Å². The van der Waals surface area contributed by atoms with Gasteiger partial charge in [-0.2, -0.15) is 0 Å². The number of aliphatic hydroxyl groups excluding tert-OH is 2. The fraction of sp³-hybridized carbons (Fsp3) is 0.360. The maximum Gasteiger partial charge on any atom is 0.187 e. The third kappa shape index (κ3) is 12.7. The van der Waals surface area contributed by atoms with Crippen molar-refractivity contribution in [1.82, 2.24) is 0 Å². The van der Waals surface area contributed by atoms with E-state index in [4.69, 9.17) is 42.6 Å². The van der Waals surface area contributed by atoms with E-state index in [9.17, 15) is 10.2 Å². The zero-order chi connectivity index (χ0) is 42.1. The van der Waals surface area contributed by atoms with Crippen molar-refractivity contribution in [2.75, 3.05) is 19.8 Å². The highest BCUT2D eigenvalue weighted by atomic mass is 16.7. The zero-order valence-electron chi connectivity index (χ0n) is 34.2. The molecular formula is C50H56O11. The van der Waals surface area contributed by atoms with Crippen molar-refractivity contribution in [2.24, 2.45) is 0 Å². The van der Waals surface area contributed by atoms with Gasteiger partial charge in [-0.15, -0.1) is 6.58 Å². The van der Waals surface area contributed by atoms with Gasteiger partial charge in [0, 0.05) is 0 Å². The predicted octanol–water partition coefficient (Wildman–Crippen LogP) is 6.94. The molecule has 0 aromatic heterocycles. The summed E-state index contributed by atoms with van der Waals surface area (Å²) < 4.78 is 59.4. The third-order valence-electron chi connectivity index (χ3n) is 10.6. The number of ether oxygens (including phenoxy) is 9. The maximum absolute atomic E-state index is 11.7. The lowest BCUT2D eigenvalue weighted by molar-refractivity contribution is -0.372. The molecule has 2 fully saturated rings. The van der Waals surface area contributed by atoms with Gasteiger partial charge in [-0.3, -0.25) is 0 Å². The van der Waals surface area contributed by atoms with Crippen LogP contribution in [-0.2, 0) is 75.7 Å². The molecule has 2 aliphatic rings. The zero-order valence-corrected chi connectivity index (χ0v) is 34.2. The van der Waals surface area contributed by atoms with E-state index in [0.717, 1.165) is 27.8 Å². The Morgan fingerprint density at radius 1 is 0.459 bits per heavy atom. The summed E-state index contributed by atoms with van der Waals surface area (Å²) in [6.07, 6.45) is -8.03. The summed E-state index contributed by atoms with van der Waals surface area (Å²) >= 11 is 0. The van der Waals surface area contributed by atoms with Crippen molar-refractivity contribution in [3.8, 4) is 0 Å². The Morgan fingerprint density at radius 2 is 0.869 bits per heavy atom. The quantitative estimate of drug-likeness (QED) is 0.0706. The van der Waals surface area contributed by atoms with Gasteiger partial charge < -0.3 is 52.8 Å². The average Bonchev–Trinajstić information content (AvgIpc) is 3.31. The van der Waals surface area contributed by atoms with Crippen LogP contribution in [0.5, 0.6) is 0 Å². The van der Waals surface area contributed by atoms with E-state index in [1.54, 1.807) is 6.08 Å². The first-order valence-electron chi connectivity index (χ1n) is 20.8. The number of hydrogen-bond donors (Lipinski definition) is 2. The highest BCUT2D eigenvalue weighted by molar-refractivity contribution is 5.17. The number of benzene rings is 5. The smallest absolute Gasteiger partial charge is 0.187 e. The molecule has 2 N–H and O–H groups in total. The van der Waals surface area contributed by atoms with Crippen molar-refractivity contribution in [2.45, 2.75) is 94.4 Å². The van der Waals surface area contributed by atoms with Gasteiger partial charge in [-0.1, -0.05) is 158 Å². The van der Waals surface area contributed by atoms with Crippen LogP contribution in [0.1, 0.15) is 27.8 Å². The Hall–Kier alpha value is -4.60. The van der Waals surface area contributed by atoms with Crippen LogP contribution in [0.25, 0.3) is 0 Å². The second-order valence-corrected chi connectivity index (χ2v) is 15.0. The first kappa shape index (κ1) is 44.5. The second-order valence-electron chi connectivity index (χ2n) is 15.0. The number of aliphatic hydroxyl groups is 2. The topological polar surface area (TPSA) is 124 Å². The number of rotatable bonds is 22. The van der Waals surface area contributed by atoms with Crippen LogP contribution < -0.4 is 0 Å². The first-order valence-corrected chi connectivity index (χ1v) is 20.8. The van der Waals surface area contributed by atoms with Gasteiger partial charge in [0.15, 0.2) is 12.6 Å². The molecular weight excluding hydrogens is 777 g/mol. The summed E-state index contributed by atoms with van der Waals surface area (Å²) in [4.78, 5) is 0. The predicted molar refractivity (Wildman–Crippen MR) is 228 cm³/mol. The highest BCUT2D eigenvalue weighted by Crippen LogP contribution is 2.36. The van der Waals surface area contributed by atoms with Gasteiger partial charge >= 0.3 is 0 Å². The van der Waals surface area contributed by atoms with E-state index < -0.39 is 68.0 Å². The monoisotopic (exact) mass is 832 g/mol. The molecule has 2 aliphatic heterocycles. The van der Waals surface area contributed by atoms with Crippen LogP contribution in [0.4, 0.5) is 0 Å². The molecule has 5 aromatic carbocycles. The minimum absolute atomic E-state index is 0.0259. The fourth-order valence-electron chi connectivity index (χ4n) is 7.53. The summed E-state index contributed by atoms with van der Waals surface area (Å²) in [5.74, 6) is 0. The lowest BCUT2D eigenvalue weighted by atomic mass is 9.96. The van der Waals surface area contributed by atoms with E-state index >= 15 is 0 Å². The second kappa shape index (κ2) is 23.6. The molecule has 11 heteroatoms. The fourth-order valence-corrected chi connectivity index (χ4v) is 7.53. The molecule has 0 aliphatic carbocycles. The van der Waals surface area contributed by atoms with Crippen LogP contribution in [0.15, 0.2) is 164 Å². The Labute approximate surface area is 358 Å². The normalized spacial score (nSPS) is 26.5. The van der Waals surface area contributed by atoms with Gasteiger partial charge in [0.25, 0.3) is 0 Å². The summed E-state index contributed by atoms with van der Waals surface area (Å²) in [6, 6.07) is 48.7. The third-order valence-corrected chi connectivity index (χ3v) is 10.6. The molecule has 0 amide bonds. The number of hydrogen-bond acceptors (Lipinski definition) is 11. The molecule has 5 aromatic rings. The molecule has 7 rings (SSSR count). The van der Waals surface area contributed by atoms with Crippen molar-refractivity contribution in [3.05, 3.63) is 192 Å². The van der Waals surface area contributed by atoms with E-state index in [-0.39, 0.29) is 39.6 Å². The molecule has 61 heavy (non-hydrogen) atoms. The lowest BCUT2D eigenvalue weighted by Gasteiger charge is -2.49. The van der Waals surface area contributed by atoms with E-state index in [0.29, 0.717) is 6.61 Å². The van der Waals surface area contributed by atoms with E-state index in [1.165, 1.54) is 0 Å². The molecule has 0 saturated carbocycles. The van der Waals surface area contributed by atoms with Gasteiger partial charge in [-0.25, -0.2) is 0 Å². The summed E-state index contributed by atoms with van der Waals surface area (Å²) in [6.45, 7) is 4.76. The standard InChI is InChI=1S/C50H56O11/c1-2-28-54-45-43(55-31-37-20-10-4-11-21-37)41(29-51)60-50(48(45)58-34-40-26-16-7-17-27-40)61-44-42(35-53-30-36-18-8-3-9-19-36)59-49(52)47(57-33-39-24-14-6-15-25-39)46(44)56-32-38-22-12-5-13-23-38/h2-27,41-52H,1,28-35H2/t41-,42-,43+,44-,45+,46+,47-,48-,49-,50+/m1/s1. The van der Waals surface area contributed by atoms with E-state index in [1.807, 2.05) is 152 Å². The molecule has 322 valence electrons. The molecule has 0 unspecified atom stereocenters. The summed E-state index contributed by atoms with van der Waals surface area (Å²) in [7, 11) is 0. The maximum atomic E-state index is 11.7. The van der Waals surface area contributed by atoms with Gasteiger partial charge in [0.2, 0.25) is 0 Å². The highest BCUT2D eigenvalue weighted by Gasteiger charge is 2.54. The molecule has 2 heterocycles. The molecule has 0 spiro atoms. The average molecular weight is 833 g/mol. The minimum atomic E-state index is -1.41. The van der Waals surface area contributed by atoms with Crippen LogP contribution in [0, 0.1) is 0 Å². The Kier molecular flexibility index (Phi) is 17.2. The molecule has 11 nitrogen and oxygen atoms in total. The van der Waals surface area contributed by atoms with Gasteiger partial charge in [0.1, 0.15) is 48.8 Å². The summed E-state index contributed by atoms with van der Waals surface area (Å²) in [5, 5.41) is 22.6. The minimum Gasteiger partial charge on any atom is -0.394 e. The van der Waals surface area contributed by atoms with Crippen molar-refractivity contribution >= 4 is 0 Å². The Bertz CT molecular complexity index is 1960. The van der Waals surface area contributed by atoms with Gasteiger partial charge in [-0.05, 0) is 27.8 Å². The van der Waals surface area contributed by atoms with Crippen LogP contribution in [0.3, 0.4) is 0 Å². The molecule has 10 atom stereocenters. The van der Waals surface area contributed by atoms with Crippen LogP contribution >= 0.6 is 0 Å². The van der Waals surface area contributed by atoms with Crippen LogP contribution in [-0.4, -0.2) is 91.4 Å². The molecule has 0 radical (unpaired) electrons. The van der Waals surface area contributed by atoms with Crippen molar-refractivity contribution in [3.63, 3.8) is 0 Å². The van der Waals surface area contributed by atoms with Gasteiger partial charge in [0.05, 0.1) is 52.9 Å². The largest absolute Gasteiger partial charge is 0.394 e.